The van der Waals surface area contributed by atoms with Gasteiger partial charge >= 0.3 is 12.4 Å². The Kier molecular flexibility index (Phi) is 8.23. The minimum Gasteiger partial charge on any atom is -0.490 e. The van der Waals surface area contributed by atoms with Gasteiger partial charge in [0.05, 0.1) is 24.4 Å². The van der Waals surface area contributed by atoms with Crippen LogP contribution in [0.1, 0.15) is 30.9 Å². The van der Waals surface area contributed by atoms with Crippen molar-refractivity contribution in [3.8, 4) is 11.5 Å². The zero-order valence-electron chi connectivity index (χ0n) is 20.7. The van der Waals surface area contributed by atoms with Gasteiger partial charge in [0.25, 0.3) is 5.56 Å². The third-order valence-electron chi connectivity index (χ3n) is 6.36. The van der Waals surface area contributed by atoms with Crippen LogP contribution >= 0.6 is 0 Å². The molecule has 10 nitrogen and oxygen atoms in total. The number of pyridine rings is 1. The molecule has 16 heteroatoms. The number of carbonyl (C=O) groups is 1. The van der Waals surface area contributed by atoms with E-state index >= 15 is 0 Å². The Morgan fingerprint density at radius 3 is 2.72 bits per heavy atom. The molecule has 2 aliphatic heterocycles. The van der Waals surface area contributed by atoms with Crippen LogP contribution in [0.4, 0.5) is 32.2 Å². The van der Waals surface area contributed by atoms with Crippen molar-refractivity contribution in [2.45, 2.75) is 44.3 Å². The molecule has 0 aromatic carbocycles. The van der Waals surface area contributed by atoms with E-state index in [-0.39, 0.29) is 43.8 Å². The van der Waals surface area contributed by atoms with Gasteiger partial charge in [-0.2, -0.15) is 31.4 Å². The highest BCUT2D eigenvalue weighted by atomic mass is 19.4. The number of carbonyl (C=O) groups excluding carboxylic acids is 1. The van der Waals surface area contributed by atoms with Gasteiger partial charge in [-0.25, -0.2) is 10.1 Å². The van der Waals surface area contributed by atoms with Crippen LogP contribution in [0.5, 0.6) is 11.5 Å². The Hall–Kier alpha value is -3.56. The molecule has 2 atom stereocenters. The summed E-state index contributed by atoms with van der Waals surface area (Å²) in [6.07, 6.45) is -8.05. The summed E-state index contributed by atoms with van der Waals surface area (Å²) in [5.41, 5.74) is -3.77. The largest absolute Gasteiger partial charge is 0.490 e. The van der Waals surface area contributed by atoms with Gasteiger partial charge in [0, 0.05) is 51.8 Å². The third-order valence-corrected chi connectivity index (χ3v) is 6.36. The SMILES string of the molecule is C[C@@H](CNCCC(=O)N1CCN2c3ncc(C(F)(F)F)cc3OCCC2C1)Oc1cn[nH]c(=O)c1C(F)(F)F. The zero-order chi connectivity index (χ0) is 28.4. The summed E-state index contributed by atoms with van der Waals surface area (Å²) in [5, 5.41) is 8.03. The second kappa shape index (κ2) is 11.3. The van der Waals surface area contributed by atoms with Crippen molar-refractivity contribution in [2.75, 3.05) is 44.2 Å². The molecule has 0 aliphatic carbocycles. The molecular weight excluding hydrogens is 538 g/mol. The number of anilines is 1. The number of nitrogens with zero attached hydrogens (tertiary/aromatic N) is 4. The highest BCUT2D eigenvalue weighted by Crippen LogP contribution is 2.38. The number of ether oxygens (including phenoxy) is 2. The lowest BCUT2D eigenvalue weighted by Crippen LogP contribution is -2.55. The van der Waals surface area contributed by atoms with E-state index in [4.69, 9.17) is 9.47 Å². The first-order valence-electron chi connectivity index (χ1n) is 12.1. The van der Waals surface area contributed by atoms with Gasteiger partial charge in [-0.15, -0.1) is 0 Å². The molecule has 1 amide bonds. The van der Waals surface area contributed by atoms with Gasteiger partial charge in [-0.3, -0.25) is 9.59 Å². The first-order chi connectivity index (χ1) is 18.3. The number of aromatic nitrogens is 3. The number of alkyl halides is 6. The fraction of sp³-hybridized carbons (Fsp3) is 0.565. The number of aromatic amines is 1. The number of rotatable bonds is 7. The van der Waals surface area contributed by atoms with E-state index in [1.165, 1.54) is 6.92 Å². The lowest BCUT2D eigenvalue weighted by molar-refractivity contribution is -0.140. The number of amides is 1. The molecule has 1 fully saturated rings. The number of fused-ring (bicyclic) bond motifs is 3. The van der Waals surface area contributed by atoms with Crippen LogP contribution in [0.3, 0.4) is 0 Å². The maximum absolute atomic E-state index is 13.2. The molecule has 0 radical (unpaired) electrons. The predicted octanol–water partition coefficient (Wildman–Crippen LogP) is 2.45. The number of halogens is 6. The molecule has 4 rings (SSSR count). The summed E-state index contributed by atoms with van der Waals surface area (Å²) in [5.74, 6) is -0.462. The van der Waals surface area contributed by atoms with Gasteiger partial charge in [0.1, 0.15) is 6.10 Å². The summed E-state index contributed by atoms with van der Waals surface area (Å²) in [7, 11) is 0. The van der Waals surface area contributed by atoms with Gasteiger partial charge in [-0.1, -0.05) is 0 Å². The summed E-state index contributed by atoms with van der Waals surface area (Å²) in [6, 6.07) is 0.759. The molecule has 2 aromatic rings. The normalized spacial score (nSPS) is 18.5. The van der Waals surface area contributed by atoms with Gasteiger partial charge < -0.3 is 24.6 Å². The number of H-pyrrole nitrogens is 1. The monoisotopic (exact) mass is 564 g/mol. The van der Waals surface area contributed by atoms with Gasteiger partial charge in [-0.05, 0) is 13.0 Å². The Morgan fingerprint density at radius 1 is 1.23 bits per heavy atom. The molecule has 2 aliphatic rings. The predicted molar refractivity (Wildman–Crippen MR) is 125 cm³/mol. The zero-order valence-corrected chi connectivity index (χ0v) is 20.7. The molecular formula is C23H26F6N6O4. The van der Waals surface area contributed by atoms with Crippen molar-refractivity contribution in [2.24, 2.45) is 0 Å². The molecule has 2 N–H and O–H groups in total. The lowest BCUT2D eigenvalue weighted by Gasteiger charge is -2.41. The van der Waals surface area contributed by atoms with Crippen LogP contribution in [0.25, 0.3) is 0 Å². The topological polar surface area (TPSA) is 113 Å². The maximum Gasteiger partial charge on any atom is 0.425 e. The summed E-state index contributed by atoms with van der Waals surface area (Å²) >= 11 is 0. The average Bonchev–Trinajstić information content (AvgIpc) is 3.03. The number of hydrogen-bond acceptors (Lipinski definition) is 8. The van der Waals surface area contributed by atoms with Gasteiger partial charge in [0.15, 0.2) is 22.9 Å². The van der Waals surface area contributed by atoms with Crippen molar-refractivity contribution < 1.29 is 40.6 Å². The molecule has 1 unspecified atom stereocenters. The minimum absolute atomic E-state index is 0.0610. The summed E-state index contributed by atoms with van der Waals surface area (Å²) < 4.78 is 89.4. The van der Waals surface area contributed by atoms with Gasteiger partial charge in [0.2, 0.25) is 5.91 Å². The molecule has 0 spiro atoms. The first kappa shape index (κ1) is 28.4. The smallest absolute Gasteiger partial charge is 0.425 e. The summed E-state index contributed by atoms with van der Waals surface area (Å²) in [6.45, 7) is 3.07. The van der Waals surface area contributed by atoms with Crippen LogP contribution in [0.2, 0.25) is 0 Å². The highest BCUT2D eigenvalue weighted by molar-refractivity contribution is 5.77. The summed E-state index contributed by atoms with van der Waals surface area (Å²) in [4.78, 5) is 31.8. The van der Waals surface area contributed by atoms with E-state index in [1.54, 1.807) is 10.00 Å². The quantitative estimate of drug-likeness (QED) is 0.390. The first-order valence-corrected chi connectivity index (χ1v) is 12.1. The Morgan fingerprint density at radius 2 is 2.00 bits per heavy atom. The Labute approximate surface area is 218 Å². The standard InChI is InChI=1S/C23H26F6N6O4/c1-13(39-17-11-32-33-21(37)19(17)23(27,28)29)9-30-4-2-18(36)34-5-6-35-15(12-34)3-7-38-16-8-14(22(24,25)26)10-31-20(16)35/h8,10-11,13,15,30H,2-7,9,12H2,1H3,(H,33,37)/t13-,15?/m0/s1. The van der Waals surface area contributed by atoms with E-state index in [0.717, 1.165) is 18.5 Å². The Bertz CT molecular complexity index is 1240. The van der Waals surface area contributed by atoms with Crippen LogP contribution in [0, 0.1) is 0 Å². The fourth-order valence-electron chi connectivity index (χ4n) is 4.48. The molecule has 1 saturated heterocycles. The van der Waals surface area contributed by atoms with Crippen molar-refractivity contribution in [3.05, 3.63) is 39.9 Å². The average molecular weight is 564 g/mol. The van der Waals surface area contributed by atoms with Crippen molar-refractivity contribution in [3.63, 3.8) is 0 Å². The van der Waals surface area contributed by atoms with Crippen molar-refractivity contribution >= 4 is 11.7 Å². The molecule has 0 saturated carbocycles. The van der Waals surface area contributed by atoms with Crippen molar-refractivity contribution in [1.29, 1.82) is 0 Å². The van der Waals surface area contributed by atoms with E-state index in [2.05, 4.69) is 15.4 Å². The molecule has 4 heterocycles. The number of piperazine rings is 1. The fourth-order valence-corrected chi connectivity index (χ4v) is 4.48. The van der Waals surface area contributed by atoms with Crippen molar-refractivity contribution in [1.82, 2.24) is 25.4 Å². The second-order valence-electron chi connectivity index (χ2n) is 9.19. The Balaban J connectivity index is 1.26. The van der Waals surface area contributed by atoms with E-state index in [1.807, 2.05) is 4.90 Å². The molecule has 0 bridgehead atoms. The second-order valence-corrected chi connectivity index (χ2v) is 9.19. The van der Waals surface area contributed by atoms with E-state index in [0.29, 0.717) is 31.9 Å². The lowest BCUT2D eigenvalue weighted by atomic mass is 10.1. The van der Waals surface area contributed by atoms with Crippen LogP contribution in [-0.4, -0.2) is 77.5 Å². The number of nitrogens with one attached hydrogen (secondary N) is 2. The maximum atomic E-state index is 13.2. The van der Waals surface area contributed by atoms with E-state index in [9.17, 15) is 35.9 Å². The molecule has 2 aromatic heterocycles. The molecule has 39 heavy (non-hydrogen) atoms. The van der Waals surface area contributed by atoms with Crippen LogP contribution in [-0.2, 0) is 17.1 Å². The highest BCUT2D eigenvalue weighted by Gasteiger charge is 2.39. The van der Waals surface area contributed by atoms with Crippen LogP contribution in [0.15, 0.2) is 23.3 Å². The minimum atomic E-state index is -4.91. The number of hydrogen-bond donors (Lipinski definition) is 2. The van der Waals surface area contributed by atoms with Crippen LogP contribution < -0.4 is 25.2 Å². The molecule has 214 valence electrons. The third kappa shape index (κ3) is 6.72. The van der Waals surface area contributed by atoms with E-state index < -0.39 is 40.9 Å².